The number of nitrogens with zero attached hydrogens (tertiary/aromatic N) is 1. The van der Waals surface area contributed by atoms with Crippen LogP contribution in [0.5, 0.6) is 0 Å². The van der Waals surface area contributed by atoms with Gasteiger partial charge in [0, 0.05) is 28.5 Å². The normalized spacial score (nSPS) is 15.8. The van der Waals surface area contributed by atoms with Crippen molar-refractivity contribution in [2.45, 2.75) is 6.92 Å². The van der Waals surface area contributed by atoms with E-state index in [1.807, 2.05) is 25.2 Å². The zero-order valence-corrected chi connectivity index (χ0v) is 12.1. The number of likely N-dealkylation sites (N-methyl/N-ethyl adjacent to an activating group) is 1. The van der Waals surface area contributed by atoms with Gasteiger partial charge in [-0.2, -0.15) is 0 Å². The van der Waals surface area contributed by atoms with Crippen LogP contribution in [0.3, 0.4) is 0 Å². The molecule has 1 aliphatic rings. The first kappa shape index (κ1) is 12.5. The second kappa shape index (κ2) is 4.71. The van der Waals surface area contributed by atoms with Crippen LogP contribution in [0.4, 0.5) is 0 Å². The molecule has 17 heavy (non-hydrogen) atoms. The average molecular weight is 311 g/mol. The van der Waals surface area contributed by atoms with Gasteiger partial charge in [0.2, 0.25) is 0 Å². The third-order valence-corrected chi connectivity index (χ3v) is 3.73. The average Bonchev–Trinajstić information content (AvgIpc) is 2.28. The van der Waals surface area contributed by atoms with Gasteiger partial charge in [-0.1, -0.05) is 46.3 Å². The highest BCUT2D eigenvalue weighted by Crippen LogP contribution is 2.33. The monoisotopic (exact) mass is 309 g/mol. The molecule has 0 saturated carbocycles. The minimum absolute atomic E-state index is 0.734. The molecule has 1 nitrogen and oxygen atoms in total. The van der Waals surface area contributed by atoms with Crippen molar-refractivity contribution in [2.24, 2.45) is 0 Å². The molecule has 1 aliphatic heterocycles. The van der Waals surface area contributed by atoms with Crippen molar-refractivity contribution in [1.82, 2.24) is 4.90 Å². The summed E-state index contributed by atoms with van der Waals surface area (Å²) in [6, 6.07) is 5.90. The van der Waals surface area contributed by atoms with E-state index in [1.165, 1.54) is 5.57 Å². The zero-order chi connectivity index (χ0) is 12.6. The summed E-state index contributed by atoms with van der Waals surface area (Å²) in [4.78, 5) is 2.06. The summed E-state index contributed by atoms with van der Waals surface area (Å²) in [5.74, 6) is 0. The molecular formula is C14H13BrClN. The van der Waals surface area contributed by atoms with E-state index in [9.17, 15) is 0 Å². The predicted octanol–water partition coefficient (Wildman–Crippen LogP) is 4.85. The van der Waals surface area contributed by atoms with E-state index >= 15 is 0 Å². The van der Waals surface area contributed by atoms with Crippen LogP contribution in [-0.2, 0) is 0 Å². The van der Waals surface area contributed by atoms with Gasteiger partial charge in [-0.05, 0) is 30.7 Å². The Morgan fingerprint density at radius 1 is 1.29 bits per heavy atom. The van der Waals surface area contributed by atoms with E-state index in [0.717, 1.165) is 26.5 Å². The summed E-state index contributed by atoms with van der Waals surface area (Å²) in [5, 5.41) is 0.734. The first-order chi connectivity index (χ1) is 8.00. The van der Waals surface area contributed by atoms with Crippen molar-refractivity contribution in [3.63, 3.8) is 0 Å². The highest BCUT2D eigenvalue weighted by molar-refractivity contribution is 9.10. The first-order valence-electron chi connectivity index (χ1n) is 5.27. The topological polar surface area (TPSA) is 3.24 Å². The van der Waals surface area contributed by atoms with Crippen molar-refractivity contribution in [1.29, 1.82) is 0 Å². The van der Waals surface area contributed by atoms with Gasteiger partial charge in [-0.15, -0.1) is 0 Å². The molecule has 1 aromatic carbocycles. The molecule has 0 bridgehead atoms. The Labute approximate surface area is 115 Å². The molecule has 1 heterocycles. The number of benzene rings is 1. The van der Waals surface area contributed by atoms with Crippen molar-refractivity contribution in [3.05, 3.63) is 63.3 Å². The van der Waals surface area contributed by atoms with Crippen LogP contribution >= 0.6 is 27.5 Å². The maximum Gasteiger partial charge on any atom is 0.0510 e. The van der Waals surface area contributed by atoms with Crippen LogP contribution in [0.2, 0.25) is 5.02 Å². The molecular weight excluding hydrogens is 298 g/mol. The van der Waals surface area contributed by atoms with Crippen LogP contribution in [0, 0.1) is 0 Å². The molecule has 1 aromatic rings. The molecule has 0 radical (unpaired) electrons. The minimum atomic E-state index is 0.734. The van der Waals surface area contributed by atoms with Crippen LogP contribution in [0.1, 0.15) is 12.5 Å². The molecule has 2 rings (SSSR count). The van der Waals surface area contributed by atoms with Crippen LogP contribution in [-0.4, -0.2) is 11.9 Å². The molecule has 88 valence electrons. The third-order valence-electron chi connectivity index (χ3n) is 2.92. The summed E-state index contributed by atoms with van der Waals surface area (Å²) in [5.41, 5.74) is 4.26. The highest BCUT2D eigenvalue weighted by atomic mass is 79.9. The van der Waals surface area contributed by atoms with Gasteiger partial charge < -0.3 is 4.90 Å². The fraction of sp³-hybridized carbons (Fsp3) is 0.143. The van der Waals surface area contributed by atoms with Gasteiger partial charge >= 0.3 is 0 Å². The largest absolute Gasteiger partial charge is 0.344 e. The zero-order valence-electron chi connectivity index (χ0n) is 9.80. The Balaban J connectivity index is 2.51. The number of halogens is 2. The van der Waals surface area contributed by atoms with Gasteiger partial charge in [0.05, 0.1) is 5.02 Å². The summed E-state index contributed by atoms with van der Waals surface area (Å²) in [7, 11) is 2.00. The van der Waals surface area contributed by atoms with Crippen molar-refractivity contribution in [2.75, 3.05) is 7.05 Å². The molecule has 3 heteroatoms. The van der Waals surface area contributed by atoms with E-state index in [1.54, 1.807) is 0 Å². The number of hydrogen-bond donors (Lipinski definition) is 0. The summed E-state index contributed by atoms with van der Waals surface area (Å²) >= 11 is 9.67. The van der Waals surface area contributed by atoms with Gasteiger partial charge in [-0.25, -0.2) is 0 Å². The molecule has 0 saturated heterocycles. The Kier molecular flexibility index (Phi) is 3.45. The molecule has 0 aromatic heterocycles. The fourth-order valence-electron chi connectivity index (χ4n) is 1.79. The lowest BCUT2D eigenvalue weighted by atomic mass is 10.0. The maximum atomic E-state index is 6.26. The highest BCUT2D eigenvalue weighted by Gasteiger charge is 2.17. The number of hydrogen-bond acceptors (Lipinski definition) is 1. The van der Waals surface area contributed by atoms with Crippen LogP contribution in [0.15, 0.2) is 52.7 Å². The molecule has 0 aliphatic carbocycles. The Bertz CT molecular complexity index is 543. The van der Waals surface area contributed by atoms with Gasteiger partial charge in [0.15, 0.2) is 0 Å². The molecule has 0 atom stereocenters. The second-order valence-corrected chi connectivity index (χ2v) is 5.35. The lowest BCUT2D eigenvalue weighted by Crippen LogP contribution is -2.18. The predicted molar refractivity (Wildman–Crippen MR) is 77.8 cm³/mol. The van der Waals surface area contributed by atoms with Crippen molar-refractivity contribution >= 4 is 33.2 Å². The molecule has 0 fully saturated rings. The smallest absolute Gasteiger partial charge is 0.0510 e. The van der Waals surface area contributed by atoms with Gasteiger partial charge in [0.1, 0.15) is 0 Å². The number of allylic oxidation sites excluding steroid dienone is 3. The SMILES string of the molecule is C=C1C(C)=CC=C(c2ccc(Br)cc2Cl)N1C. The van der Waals surface area contributed by atoms with Gasteiger partial charge in [-0.3, -0.25) is 0 Å². The Hall–Kier alpha value is -0.990. The van der Waals surface area contributed by atoms with Gasteiger partial charge in [0.25, 0.3) is 0 Å². The van der Waals surface area contributed by atoms with E-state index in [2.05, 4.69) is 46.5 Å². The van der Waals surface area contributed by atoms with E-state index in [0.29, 0.717) is 0 Å². The first-order valence-corrected chi connectivity index (χ1v) is 6.45. The van der Waals surface area contributed by atoms with Crippen molar-refractivity contribution in [3.8, 4) is 0 Å². The minimum Gasteiger partial charge on any atom is -0.344 e. The van der Waals surface area contributed by atoms with E-state index in [-0.39, 0.29) is 0 Å². The summed E-state index contributed by atoms with van der Waals surface area (Å²) in [6.07, 6.45) is 4.13. The fourth-order valence-corrected chi connectivity index (χ4v) is 2.56. The second-order valence-electron chi connectivity index (χ2n) is 4.03. The molecule has 0 unspecified atom stereocenters. The van der Waals surface area contributed by atoms with Crippen LogP contribution in [0.25, 0.3) is 5.70 Å². The summed E-state index contributed by atoms with van der Waals surface area (Å²) < 4.78 is 0.982. The third kappa shape index (κ3) is 2.33. The van der Waals surface area contributed by atoms with Crippen molar-refractivity contribution < 1.29 is 0 Å². The van der Waals surface area contributed by atoms with Crippen LogP contribution < -0.4 is 0 Å². The molecule has 0 spiro atoms. The number of rotatable bonds is 1. The summed E-state index contributed by atoms with van der Waals surface area (Å²) in [6.45, 7) is 6.11. The maximum absolute atomic E-state index is 6.26. The lowest BCUT2D eigenvalue weighted by molar-refractivity contribution is 0.603. The Morgan fingerprint density at radius 2 is 2.00 bits per heavy atom. The Morgan fingerprint density at radius 3 is 2.65 bits per heavy atom. The lowest BCUT2D eigenvalue weighted by Gasteiger charge is -2.29. The molecule has 0 amide bonds. The van der Waals surface area contributed by atoms with E-state index in [4.69, 9.17) is 11.6 Å². The quantitative estimate of drug-likeness (QED) is 0.717. The standard InChI is InChI=1S/C14H13BrClN/c1-9-4-7-14(17(3)10(9)2)12-6-5-11(15)8-13(12)16/h4-8H,2H2,1,3H3. The van der Waals surface area contributed by atoms with E-state index < -0.39 is 0 Å². The molecule has 0 N–H and O–H groups in total.